The fourth-order valence-electron chi connectivity index (χ4n) is 3.37. The topological polar surface area (TPSA) is 133 Å². The van der Waals surface area contributed by atoms with Gasteiger partial charge in [0.25, 0.3) is 11.6 Å². The van der Waals surface area contributed by atoms with Gasteiger partial charge in [0.05, 0.1) is 19.1 Å². The molecule has 36 heavy (non-hydrogen) atoms. The Balaban J connectivity index is 1.57. The van der Waals surface area contributed by atoms with Gasteiger partial charge in [0.2, 0.25) is 11.9 Å². The van der Waals surface area contributed by atoms with E-state index in [2.05, 4.69) is 20.7 Å². The summed E-state index contributed by atoms with van der Waals surface area (Å²) in [5, 5.41) is 21.7. The summed E-state index contributed by atoms with van der Waals surface area (Å²) < 4.78 is 11.5. The van der Waals surface area contributed by atoms with Crippen LogP contribution in [0.4, 0.5) is 17.6 Å². The van der Waals surface area contributed by atoms with Crippen LogP contribution in [0.2, 0.25) is 0 Å². The molecule has 4 aromatic rings. The predicted molar refractivity (Wildman–Crippen MR) is 133 cm³/mol. The molecule has 0 unspecified atom stereocenters. The molecule has 0 atom stereocenters. The number of methoxy groups -OCH3 is 2. The molecule has 0 saturated heterocycles. The maximum atomic E-state index is 13.2. The number of hydrogen-bond acceptors (Lipinski definition) is 9. The number of nitro groups is 1. The molecule has 1 heterocycles. The summed E-state index contributed by atoms with van der Waals surface area (Å²) in [6.07, 6.45) is 0. The van der Waals surface area contributed by atoms with Crippen LogP contribution in [0.1, 0.15) is 21.5 Å². The zero-order valence-corrected chi connectivity index (χ0v) is 19.7. The molecule has 0 fully saturated rings. The van der Waals surface area contributed by atoms with Crippen molar-refractivity contribution in [1.29, 1.82) is 0 Å². The third-order valence-corrected chi connectivity index (χ3v) is 5.32. The Kier molecular flexibility index (Phi) is 7.39. The van der Waals surface area contributed by atoms with Gasteiger partial charge < -0.3 is 20.1 Å². The molecule has 3 aromatic carbocycles. The van der Waals surface area contributed by atoms with Gasteiger partial charge in [0.1, 0.15) is 11.5 Å². The van der Waals surface area contributed by atoms with E-state index in [1.165, 1.54) is 24.3 Å². The van der Waals surface area contributed by atoms with Gasteiger partial charge in [-0.3, -0.25) is 14.9 Å². The molecule has 11 heteroatoms. The van der Waals surface area contributed by atoms with Crippen LogP contribution in [0.3, 0.4) is 0 Å². The Morgan fingerprint density at radius 2 is 1.50 bits per heavy atom. The van der Waals surface area contributed by atoms with Gasteiger partial charge in [-0.15, -0.1) is 5.10 Å². The number of anilines is 2. The number of carbonyl (C=O) groups is 1. The molecule has 2 N–H and O–H groups in total. The first-order valence-corrected chi connectivity index (χ1v) is 11.0. The Bertz CT molecular complexity index is 1350. The molecule has 0 saturated carbocycles. The number of ether oxygens (including phenoxy) is 2. The fraction of sp³-hybridized carbons (Fsp3) is 0.160. The van der Waals surface area contributed by atoms with E-state index in [9.17, 15) is 14.9 Å². The SMILES string of the molecule is COc1ccc(CNc2nc(NCc3ccc(OC)cc3)n(C(=O)c3cccc([N+](=O)[O-])c3)n2)cc1. The second-order valence-electron chi connectivity index (χ2n) is 7.69. The highest BCUT2D eigenvalue weighted by atomic mass is 16.6. The number of benzene rings is 3. The van der Waals surface area contributed by atoms with E-state index in [-0.39, 0.29) is 23.1 Å². The van der Waals surface area contributed by atoms with Crippen molar-refractivity contribution in [3.8, 4) is 11.5 Å². The smallest absolute Gasteiger partial charge is 0.281 e. The maximum absolute atomic E-state index is 13.2. The van der Waals surface area contributed by atoms with Crippen molar-refractivity contribution < 1.29 is 19.2 Å². The van der Waals surface area contributed by atoms with Crippen molar-refractivity contribution in [1.82, 2.24) is 14.8 Å². The summed E-state index contributed by atoms with van der Waals surface area (Å²) >= 11 is 0. The zero-order valence-electron chi connectivity index (χ0n) is 19.7. The number of carbonyl (C=O) groups excluding carboxylic acids is 1. The zero-order chi connectivity index (χ0) is 25.5. The van der Waals surface area contributed by atoms with Crippen LogP contribution in [0, 0.1) is 10.1 Å². The first-order valence-electron chi connectivity index (χ1n) is 11.0. The van der Waals surface area contributed by atoms with Crippen LogP contribution in [-0.4, -0.2) is 39.8 Å². The number of nitro benzene ring substituents is 1. The van der Waals surface area contributed by atoms with Gasteiger partial charge in [0.15, 0.2) is 0 Å². The minimum atomic E-state index is -0.555. The Morgan fingerprint density at radius 1 is 0.917 bits per heavy atom. The summed E-state index contributed by atoms with van der Waals surface area (Å²) in [6, 6.07) is 20.4. The lowest BCUT2D eigenvalue weighted by Gasteiger charge is -2.08. The molecule has 4 rings (SSSR count). The molecular formula is C25H24N6O5. The average molecular weight is 489 g/mol. The van der Waals surface area contributed by atoms with Gasteiger partial charge >= 0.3 is 0 Å². The molecule has 0 bridgehead atoms. The van der Waals surface area contributed by atoms with E-state index in [1.54, 1.807) is 14.2 Å². The van der Waals surface area contributed by atoms with E-state index in [0.717, 1.165) is 27.3 Å². The van der Waals surface area contributed by atoms with Crippen LogP contribution in [0.25, 0.3) is 0 Å². The molecule has 0 aliphatic rings. The number of hydrogen-bond donors (Lipinski definition) is 2. The van der Waals surface area contributed by atoms with Crippen LogP contribution in [0.15, 0.2) is 72.8 Å². The Labute approximate surface area is 206 Å². The molecule has 0 spiro atoms. The summed E-state index contributed by atoms with van der Waals surface area (Å²) in [5.41, 5.74) is 1.82. The standard InChI is InChI=1S/C25H24N6O5/c1-35-21-10-6-17(7-11-21)15-26-24-28-25(27-16-18-8-12-22(36-2)13-9-18)30(29-24)23(32)19-4-3-5-20(14-19)31(33)34/h3-14H,15-16H2,1-2H3,(H2,26,27,28,29). The minimum absolute atomic E-state index is 0.114. The molecule has 0 radical (unpaired) electrons. The van der Waals surface area contributed by atoms with Crippen LogP contribution in [0.5, 0.6) is 11.5 Å². The maximum Gasteiger partial charge on any atom is 0.281 e. The van der Waals surface area contributed by atoms with Crippen LogP contribution >= 0.6 is 0 Å². The molecule has 0 aliphatic carbocycles. The first kappa shape index (κ1) is 24.2. The van der Waals surface area contributed by atoms with Crippen molar-refractivity contribution in [3.63, 3.8) is 0 Å². The Morgan fingerprint density at radius 3 is 2.06 bits per heavy atom. The van der Waals surface area contributed by atoms with Gasteiger partial charge in [-0.25, -0.2) is 0 Å². The van der Waals surface area contributed by atoms with Crippen molar-refractivity contribution in [2.45, 2.75) is 13.1 Å². The second-order valence-corrected chi connectivity index (χ2v) is 7.69. The molecule has 184 valence electrons. The number of aromatic nitrogens is 3. The third kappa shape index (κ3) is 5.76. The summed E-state index contributed by atoms with van der Waals surface area (Å²) in [5.74, 6) is 1.34. The van der Waals surface area contributed by atoms with E-state index < -0.39 is 10.8 Å². The summed E-state index contributed by atoms with van der Waals surface area (Å²) in [7, 11) is 3.19. The van der Waals surface area contributed by atoms with Crippen molar-refractivity contribution in [2.24, 2.45) is 0 Å². The van der Waals surface area contributed by atoms with Crippen LogP contribution < -0.4 is 20.1 Å². The average Bonchev–Trinajstić information content (AvgIpc) is 3.34. The van der Waals surface area contributed by atoms with E-state index in [1.807, 2.05) is 48.5 Å². The normalized spacial score (nSPS) is 10.5. The highest BCUT2D eigenvalue weighted by Gasteiger charge is 2.20. The van der Waals surface area contributed by atoms with Crippen LogP contribution in [-0.2, 0) is 13.1 Å². The van der Waals surface area contributed by atoms with E-state index in [0.29, 0.717) is 13.1 Å². The van der Waals surface area contributed by atoms with Gasteiger partial charge in [-0.2, -0.15) is 9.67 Å². The largest absolute Gasteiger partial charge is 0.497 e. The van der Waals surface area contributed by atoms with Crippen molar-refractivity contribution in [3.05, 3.63) is 99.6 Å². The van der Waals surface area contributed by atoms with Crippen molar-refractivity contribution in [2.75, 3.05) is 24.9 Å². The fourth-order valence-corrected chi connectivity index (χ4v) is 3.37. The lowest BCUT2D eigenvalue weighted by molar-refractivity contribution is -0.384. The summed E-state index contributed by atoms with van der Waals surface area (Å²) in [4.78, 5) is 28.3. The highest BCUT2D eigenvalue weighted by Crippen LogP contribution is 2.19. The molecular weight excluding hydrogens is 464 g/mol. The minimum Gasteiger partial charge on any atom is -0.497 e. The van der Waals surface area contributed by atoms with E-state index >= 15 is 0 Å². The second kappa shape index (κ2) is 11.0. The first-order chi connectivity index (χ1) is 17.5. The molecule has 0 aliphatic heterocycles. The predicted octanol–water partition coefficient (Wildman–Crippen LogP) is 4.12. The van der Waals surface area contributed by atoms with Gasteiger partial charge in [-0.1, -0.05) is 30.3 Å². The highest BCUT2D eigenvalue weighted by molar-refractivity contribution is 5.97. The lowest BCUT2D eigenvalue weighted by atomic mass is 10.2. The van der Waals surface area contributed by atoms with Crippen molar-refractivity contribution >= 4 is 23.5 Å². The number of nitrogens with zero attached hydrogens (tertiary/aromatic N) is 4. The molecule has 0 amide bonds. The third-order valence-electron chi connectivity index (χ3n) is 5.32. The summed E-state index contributed by atoms with van der Waals surface area (Å²) in [6.45, 7) is 0.778. The van der Waals surface area contributed by atoms with E-state index in [4.69, 9.17) is 9.47 Å². The quantitative estimate of drug-likeness (QED) is 0.250. The molecule has 11 nitrogen and oxygen atoms in total. The molecule has 1 aromatic heterocycles. The monoisotopic (exact) mass is 488 g/mol. The number of non-ortho nitro benzene ring substituents is 1. The number of rotatable bonds is 10. The van der Waals surface area contributed by atoms with Gasteiger partial charge in [0, 0.05) is 30.8 Å². The number of nitrogens with one attached hydrogen (secondary N) is 2. The Hall–Kier alpha value is -4.93. The van der Waals surface area contributed by atoms with Gasteiger partial charge in [-0.05, 0) is 41.5 Å². The lowest BCUT2D eigenvalue weighted by Crippen LogP contribution is -2.18.